The molecular weight excluding hydrogens is 357 g/mol. The Labute approximate surface area is 145 Å². The largest absolute Gasteiger partial charge is 0.381 e. The molecule has 1 heterocycles. The highest BCUT2D eigenvalue weighted by Gasteiger charge is 2.33. The summed E-state index contributed by atoms with van der Waals surface area (Å²) in [5.41, 5.74) is 2.11. The van der Waals surface area contributed by atoms with Crippen molar-refractivity contribution in [1.82, 2.24) is 5.32 Å². The molecule has 122 valence electrons. The molecule has 1 fully saturated rings. The summed E-state index contributed by atoms with van der Waals surface area (Å²) in [6.45, 7) is 2.93. The van der Waals surface area contributed by atoms with Gasteiger partial charge in [0, 0.05) is 41.8 Å². The van der Waals surface area contributed by atoms with Gasteiger partial charge in [0.2, 0.25) is 0 Å². The molecule has 23 heavy (non-hydrogen) atoms. The van der Waals surface area contributed by atoms with Crippen molar-refractivity contribution in [3.8, 4) is 0 Å². The molecule has 2 aromatic carbocycles. The number of hydrogen-bond acceptors (Lipinski definition) is 2. The van der Waals surface area contributed by atoms with Crippen LogP contribution in [0.5, 0.6) is 0 Å². The maximum Gasteiger partial charge on any atom is 0.128 e. The Hall–Kier alpha value is -1.23. The van der Waals surface area contributed by atoms with E-state index in [1.807, 2.05) is 18.2 Å². The second-order valence-corrected chi connectivity index (χ2v) is 7.01. The Morgan fingerprint density at radius 2 is 1.83 bits per heavy atom. The van der Waals surface area contributed by atoms with Crippen LogP contribution in [0.25, 0.3) is 0 Å². The van der Waals surface area contributed by atoms with Crippen LogP contribution in [0.2, 0.25) is 0 Å². The van der Waals surface area contributed by atoms with Gasteiger partial charge in [0.15, 0.2) is 0 Å². The van der Waals surface area contributed by atoms with Gasteiger partial charge in [0.05, 0.1) is 0 Å². The fourth-order valence-corrected chi connectivity index (χ4v) is 3.56. The fourth-order valence-electron chi connectivity index (χ4n) is 3.22. The first kappa shape index (κ1) is 16.6. The molecular formula is C19H21BrFNO. The van der Waals surface area contributed by atoms with Crippen molar-refractivity contribution in [2.24, 2.45) is 0 Å². The number of hydrogen-bond donors (Lipinski definition) is 1. The number of nitrogens with one attached hydrogen (secondary N) is 1. The number of halogens is 2. The first-order chi connectivity index (χ1) is 11.2. The van der Waals surface area contributed by atoms with E-state index in [4.69, 9.17) is 4.74 Å². The van der Waals surface area contributed by atoms with Gasteiger partial charge in [-0.05, 0) is 30.5 Å². The first-order valence-electron chi connectivity index (χ1n) is 7.98. The summed E-state index contributed by atoms with van der Waals surface area (Å²) in [4.78, 5) is 0. The molecule has 0 unspecified atom stereocenters. The molecule has 0 saturated carbocycles. The number of benzene rings is 2. The smallest absolute Gasteiger partial charge is 0.128 e. The van der Waals surface area contributed by atoms with Gasteiger partial charge >= 0.3 is 0 Å². The van der Waals surface area contributed by atoms with Crippen LogP contribution in [0.1, 0.15) is 24.0 Å². The summed E-state index contributed by atoms with van der Waals surface area (Å²) in [5, 5.41) is 3.46. The van der Waals surface area contributed by atoms with Crippen molar-refractivity contribution >= 4 is 15.9 Å². The Kier molecular flexibility index (Phi) is 5.46. The van der Waals surface area contributed by atoms with Gasteiger partial charge in [0.25, 0.3) is 0 Å². The minimum Gasteiger partial charge on any atom is -0.381 e. The summed E-state index contributed by atoms with van der Waals surface area (Å²) in [6, 6.07) is 15.8. The normalized spacial score (nSPS) is 17.1. The Morgan fingerprint density at radius 1 is 1.09 bits per heavy atom. The maximum atomic E-state index is 13.9. The van der Waals surface area contributed by atoms with E-state index in [9.17, 15) is 4.39 Å². The van der Waals surface area contributed by atoms with Gasteiger partial charge < -0.3 is 10.1 Å². The van der Waals surface area contributed by atoms with Crippen molar-refractivity contribution in [3.05, 3.63) is 69.9 Å². The van der Waals surface area contributed by atoms with E-state index < -0.39 is 0 Å². The quantitative estimate of drug-likeness (QED) is 0.832. The predicted octanol–water partition coefficient (Wildman–Crippen LogP) is 4.43. The van der Waals surface area contributed by atoms with Crippen LogP contribution in [-0.2, 0) is 16.7 Å². The highest BCUT2D eigenvalue weighted by atomic mass is 79.9. The van der Waals surface area contributed by atoms with E-state index in [0.717, 1.165) is 37.1 Å². The molecule has 0 aromatic heterocycles. The molecule has 1 aliphatic rings. The zero-order chi connectivity index (χ0) is 16.1. The summed E-state index contributed by atoms with van der Waals surface area (Å²) in [6.07, 6.45) is 1.99. The van der Waals surface area contributed by atoms with Crippen LogP contribution in [0.4, 0.5) is 4.39 Å². The van der Waals surface area contributed by atoms with Gasteiger partial charge in [-0.3, -0.25) is 0 Å². The topological polar surface area (TPSA) is 21.3 Å². The third-order valence-corrected chi connectivity index (χ3v) is 5.12. The minimum absolute atomic E-state index is 0.0748. The molecule has 0 spiro atoms. The Bertz CT molecular complexity index is 641. The highest BCUT2D eigenvalue weighted by Crippen LogP contribution is 2.34. The summed E-state index contributed by atoms with van der Waals surface area (Å²) >= 11 is 3.29. The monoisotopic (exact) mass is 377 g/mol. The van der Waals surface area contributed by atoms with E-state index >= 15 is 0 Å². The van der Waals surface area contributed by atoms with Crippen molar-refractivity contribution in [2.45, 2.75) is 24.8 Å². The average Bonchev–Trinajstić information content (AvgIpc) is 2.58. The van der Waals surface area contributed by atoms with Crippen LogP contribution in [0, 0.1) is 5.82 Å². The average molecular weight is 378 g/mol. The zero-order valence-electron chi connectivity index (χ0n) is 13.0. The SMILES string of the molecule is Fc1cc(Br)ccc1CNCC1(c2ccccc2)CCOCC1. The number of ether oxygens (including phenoxy) is 1. The maximum absolute atomic E-state index is 13.9. The van der Waals surface area contributed by atoms with Gasteiger partial charge in [-0.25, -0.2) is 4.39 Å². The first-order valence-corrected chi connectivity index (χ1v) is 8.77. The molecule has 2 nitrogen and oxygen atoms in total. The van der Waals surface area contributed by atoms with Crippen LogP contribution >= 0.6 is 15.9 Å². The lowest BCUT2D eigenvalue weighted by Gasteiger charge is -2.38. The van der Waals surface area contributed by atoms with Gasteiger partial charge in [-0.15, -0.1) is 0 Å². The second kappa shape index (κ2) is 7.56. The molecule has 0 aliphatic carbocycles. The Morgan fingerprint density at radius 3 is 2.52 bits per heavy atom. The lowest BCUT2D eigenvalue weighted by molar-refractivity contribution is 0.0497. The Balaban J connectivity index is 1.70. The molecule has 0 radical (unpaired) electrons. The number of rotatable bonds is 5. The molecule has 2 aromatic rings. The molecule has 3 rings (SSSR count). The van der Waals surface area contributed by atoms with Gasteiger partial charge in [0.1, 0.15) is 5.82 Å². The van der Waals surface area contributed by atoms with Crippen molar-refractivity contribution in [1.29, 1.82) is 0 Å². The van der Waals surface area contributed by atoms with Crippen LogP contribution in [-0.4, -0.2) is 19.8 Å². The summed E-state index contributed by atoms with van der Waals surface area (Å²) in [5.74, 6) is -0.174. The predicted molar refractivity (Wildman–Crippen MR) is 94.0 cm³/mol. The lowest BCUT2D eigenvalue weighted by atomic mass is 9.74. The van der Waals surface area contributed by atoms with Crippen molar-refractivity contribution in [2.75, 3.05) is 19.8 Å². The molecule has 0 amide bonds. The minimum atomic E-state index is -0.174. The van der Waals surface area contributed by atoms with E-state index in [1.54, 1.807) is 0 Å². The summed E-state index contributed by atoms with van der Waals surface area (Å²) < 4.78 is 20.3. The van der Waals surface area contributed by atoms with Crippen molar-refractivity contribution in [3.63, 3.8) is 0 Å². The molecule has 1 N–H and O–H groups in total. The van der Waals surface area contributed by atoms with E-state index in [-0.39, 0.29) is 11.2 Å². The lowest BCUT2D eigenvalue weighted by Crippen LogP contribution is -2.42. The molecule has 0 bridgehead atoms. The molecule has 4 heteroatoms. The zero-order valence-corrected chi connectivity index (χ0v) is 14.6. The second-order valence-electron chi connectivity index (χ2n) is 6.10. The molecule has 1 aliphatic heterocycles. The van der Waals surface area contributed by atoms with E-state index in [0.29, 0.717) is 12.1 Å². The standard InChI is InChI=1S/C19H21BrFNO/c20-17-7-6-15(18(21)12-17)13-22-14-19(8-10-23-11-9-19)16-4-2-1-3-5-16/h1-7,12,22H,8-11,13-14H2. The van der Waals surface area contributed by atoms with Gasteiger partial charge in [-0.2, -0.15) is 0 Å². The third kappa shape index (κ3) is 4.00. The van der Waals surface area contributed by atoms with Crippen LogP contribution < -0.4 is 5.32 Å². The van der Waals surface area contributed by atoms with Crippen LogP contribution in [0.3, 0.4) is 0 Å². The van der Waals surface area contributed by atoms with Crippen molar-refractivity contribution < 1.29 is 9.13 Å². The third-order valence-electron chi connectivity index (χ3n) is 4.63. The molecule has 1 saturated heterocycles. The van der Waals surface area contributed by atoms with E-state index in [1.165, 1.54) is 11.6 Å². The highest BCUT2D eigenvalue weighted by molar-refractivity contribution is 9.10. The fraction of sp³-hybridized carbons (Fsp3) is 0.368. The molecule has 0 atom stereocenters. The van der Waals surface area contributed by atoms with E-state index in [2.05, 4.69) is 45.5 Å². The van der Waals surface area contributed by atoms with Crippen LogP contribution in [0.15, 0.2) is 53.0 Å². The van der Waals surface area contributed by atoms with Gasteiger partial charge in [-0.1, -0.05) is 52.3 Å². The summed E-state index contributed by atoms with van der Waals surface area (Å²) in [7, 11) is 0.